The largest absolute Gasteiger partial charge is 0.467 e. The maximum atomic E-state index is 12.6. The molecular weight excluding hydrogens is 329 g/mol. The van der Waals surface area contributed by atoms with Gasteiger partial charge in [0.25, 0.3) is 5.91 Å². The number of amides is 1. The van der Waals surface area contributed by atoms with Crippen LogP contribution in [0.4, 0.5) is 13.2 Å². The predicted octanol–water partition coefficient (Wildman–Crippen LogP) is 3.75. The maximum absolute atomic E-state index is 12.6. The van der Waals surface area contributed by atoms with Crippen LogP contribution in [0.25, 0.3) is 0 Å². The van der Waals surface area contributed by atoms with Crippen molar-refractivity contribution >= 4 is 17.2 Å². The summed E-state index contributed by atoms with van der Waals surface area (Å²) in [5, 5.41) is 1.90. The number of aromatic nitrogens is 1. The SMILES string of the molecule is CCN(Cc1cccs1)C(=O)c1cccnc1OCC(F)(F)F. The summed E-state index contributed by atoms with van der Waals surface area (Å²) in [6.45, 7) is 1.13. The van der Waals surface area contributed by atoms with Gasteiger partial charge >= 0.3 is 6.18 Å². The topological polar surface area (TPSA) is 42.4 Å². The average molecular weight is 344 g/mol. The number of alkyl halides is 3. The molecule has 2 heterocycles. The number of hydrogen-bond donors (Lipinski definition) is 0. The second-order valence-electron chi connectivity index (χ2n) is 4.66. The third-order valence-corrected chi connectivity index (χ3v) is 3.83. The zero-order valence-electron chi connectivity index (χ0n) is 12.3. The molecule has 0 aromatic carbocycles. The van der Waals surface area contributed by atoms with Gasteiger partial charge in [0.15, 0.2) is 6.61 Å². The van der Waals surface area contributed by atoms with Crippen LogP contribution in [0.2, 0.25) is 0 Å². The van der Waals surface area contributed by atoms with Crippen LogP contribution in [0.15, 0.2) is 35.8 Å². The monoisotopic (exact) mass is 344 g/mol. The van der Waals surface area contributed by atoms with Crippen molar-refractivity contribution < 1.29 is 22.7 Å². The van der Waals surface area contributed by atoms with Crippen LogP contribution >= 0.6 is 11.3 Å². The van der Waals surface area contributed by atoms with Gasteiger partial charge < -0.3 is 9.64 Å². The fourth-order valence-corrected chi connectivity index (χ4v) is 2.63. The number of nitrogens with zero attached hydrogens (tertiary/aromatic N) is 2. The number of carbonyl (C=O) groups excluding carboxylic acids is 1. The van der Waals surface area contributed by atoms with Gasteiger partial charge in [0.1, 0.15) is 5.56 Å². The first-order valence-corrected chi connectivity index (χ1v) is 7.75. The third kappa shape index (κ3) is 4.95. The van der Waals surface area contributed by atoms with Gasteiger partial charge in [-0.1, -0.05) is 6.07 Å². The van der Waals surface area contributed by atoms with Gasteiger partial charge in [-0.05, 0) is 30.5 Å². The molecule has 23 heavy (non-hydrogen) atoms. The summed E-state index contributed by atoms with van der Waals surface area (Å²) in [5.74, 6) is -0.717. The molecule has 0 fully saturated rings. The molecule has 0 saturated heterocycles. The fourth-order valence-electron chi connectivity index (χ4n) is 1.91. The first-order valence-electron chi connectivity index (χ1n) is 6.87. The molecule has 2 rings (SSSR count). The predicted molar refractivity (Wildman–Crippen MR) is 80.5 cm³/mol. The van der Waals surface area contributed by atoms with E-state index in [0.29, 0.717) is 13.1 Å². The van der Waals surface area contributed by atoms with E-state index in [9.17, 15) is 18.0 Å². The number of hydrogen-bond acceptors (Lipinski definition) is 4. The first-order chi connectivity index (χ1) is 10.9. The Morgan fingerprint density at radius 1 is 1.35 bits per heavy atom. The quantitative estimate of drug-likeness (QED) is 0.802. The lowest BCUT2D eigenvalue weighted by atomic mass is 10.2. The summed E-state index contributed by atoms with van der Waals surface area (Å²) in [5.41, 5.74) is 0.0233. The molecule has 0 atom stereocenters. The maximum Gasteiger partial charge on any atom is 0.422 e. The summed E-state index contributed by atoms with van der Waals surface area (Å²) >= 11 is 1.51. The minimum absolute atomic E-state index is 0.0233. The second kappa shape index (κ2) is 7.45. The fraction of sp³-hybridized carbons (Fsp3) is 0.333. The number of thiophene rings is 1. The van der Waals surface area contributed by atoms with E-state index in [2.05, 4.69) is 9.72 Å². The van der Waals surface area contributed by atoms with E-state index >= 15 is 0 Å². The van der Waals surface area contributed by atoms with Crippen molar-refractivity contribution in [1.29, 1.82) is 0 Å². The van der Waals surface area contributed by atoms with Gasteiger partial charge in [-0.25, -0.2) is 4.98 Å². The van der Waals surface area contributed by atoms with Gasteiger partial charge in [0.05, 0.1) is 6.54 Å². The highest BCUT2D eigenvalue weighted by atomic mass is 32.1. The highest BCUT2D eigenvalue weighted by Crippen LogP contribution is 2.22. The summed E-state index contributed by atoms with van der Waals surface area (Å²) in [7, 11) is 0. The Bertz CT molecular complexity index is 644. The lowest BCUT2D eigenvalue weighted by Crippen LogP contribution is -2.31. The Labute approximate surface area is 135 Å². The smallest absolute Gasteiger partial charge is 0.422 e. The van der Waals surface area contributed by atoms with E-state index in [0.717, 1.165) is 4.88 Å². The van der Waals surface area contributed by atoms with Gasteiger partial charge in [0.2, 0.25) is 5.88 Å². The highest BCUT2D eigenvalue weighted by Gasteiger charge is 2.30. The Balaban J connectivity index is 2.17. The Morgan fingerprint density at radius 3 is 2.74 bits per heavy atom. The molecule has 0 N–H and O–H groups in total. The van der Waals surface area contributed by atoms with E-state index in [-0.39, 0.29) is 11.4 Å². The minimum atomic E-state index is -4.49. The van der Waals surface area contributed by atoms with E-state index in [4.69, 9.17) is 0 Å². The van der Waals surface area contributed by atoms with Crippen molar-refractivity contribution in [2.45, 2.75) is 19.6 Å². The molecule has 8 heteroatoms. The number of rotatable bonds is 6. The van der Waals surface area contributed by atoms with Crippen molar-refractivity contribution in [3.8, 4) is 5.88 Å². The van der Waals surface area contributed by atoms with Crippen molar-refractivity contribution in [1.82, 2.24) is 9.88 Å². The zero-order valence-corrected chi connectivity index (χ0v) is 13.2. The molecular formula is C15H15F3N2O2S. The number of carbonyl (C=O) groups is 1. The van der Waals surface area contributed by atoms with Crippen LogP contribution in [0.1, 0.15) is 22.2 Å². The zero-order chi connectivity index (χ0) is 16.9. The van der Waals surface area contributed by atoms with E-state index < -0.39 is 18.7 Å². The molecule has 0 aliphatic carbocycles. The standard InChI is InChI=1S/C15H15F3N2O2S/c1-2-20(9-11-5-4-8-23-11)14(21)12-6-3-7-19-13(12)22-10-15(16,17)18/h3-8H,2,9-10H2,1H3. The van der Waals surface area contributed by atoms with E-state index in [1.165, 1.54) is 34.6 Å². The summed E-state index contributed by atoms with van der Waals surface area (Å²) in [6, 6.07) is 6.68. The molecule has 0 radical (unpaired) electrons. The van der Waals surface area contributed by atoms with E-state index in [1.807, 2.05) is 17.5 Å². The third-order valence-electron chi connectivity index (χ3n) is 2.97. The van der Waals surface area contributed by atoms with Gasteiger partial charge in [0, 0.05) is 17.6 Å². The van der Waals surface area contributed by atoms with Gasteiger partial charge in [-0.15, -0.1) is 11.3 Å². The number of ether oxygens (including phenoxy) is 1. The average Bonchev–Trinajstić information content (AvgIpc) is 3.02. The van der Waals surface area contributed by atoms with Crippen molar-refractivity contribution in [2.24, 2.45) is 0 Å². The lowest BCUT2D eigenvalue weighted by Gasteiger charge is -2.21. The molecule has 2 aromatic heterocycles. The Hall–Kier alpha value is -2.09. The first kappa shape index (κ1) is 17.3. The van der Waals surface area contributed by atoms with Crippen molar-refractivity contribution in [3.05, 3.63) is 46.3 Å². The molecule has 2 aromatic rings. The van der Waals surface area contributed by atoms with Crippen LogP contribution in [-0.2, 0) is 6.54 Å². The Morgan fingerprint density at radius 2 is 2.13 bits per heavy atom. The molecule has 124 valence electrons. The summed E-state index contributed by atoms with van der Waals surface area (Å²) < 4.78 is 41.6. The van der Waals surface area contributed by atoms with E-state index in [1.54, 1.807) is 6.92 Å². The molecule has 0 saturated carbocycles. The van der Waals surface area contributed by atoms with Gasteiger partial charge in [-0.3, -0.25) is 4.79 Å². The number of halogens is 3. The Kier molecular flexibility index (Phi) is 5.59. The molecule has 0 unspecified atom stereocenters. The lowest BCUT2D eigenvalue weighted by molar-refractivity contribution is -0.154. The highest BCUT2D eigenvalue weighted by molar-refractivity contribution is 7.09. The van der Waals surface area contributed by atoms with Crippen LogP contribution in [0, 0.1) is 0 Å². The molecule has 4 nitrogen and oxygen atoms in total. The van der Waals surface area contributed by atoms with Gasteiger partial charge in [-0.2, -0.15) is 13.2 Å². The van der Waals surface area contributed by atoms with Crippen LogP contribution in [0.3, 0.4) is 0 Å². The van der Waals surface area contributed by atoms with Crippen LogP contribution in [-0.4, -0.2) is 35.1 Å². The van der Waals surface area contributed by atoms with Crippen LogP contribution in [0.5, 0.6) is 5.88 Å². The molecule has 0 aliphatic rings. The molecule has 1 amide bonds. The normalized spacial score (nSPS) is 11.3. The second-order valence-corrected chi connectivity index (χ2v) is 5.69. The number of pyridine rings is 1. The minimum Gasteiger partial charge on any atom is -0.467 e. The van der Waals surface area contributed by atoms with Crippen LogP contribution < -0.4 is 4.74 Å². The molecule has 0 bridgehead atoms. The summed E-state index contributed by atoms with van der Waals surface area (Å²) in [6.07, 6.45) is -3.20. The van der Waals surface area contributed by atoms with Crippen molar-refractivity contribution in [3.63, 3.8) is 0 Å². The van der Waals surface area contributed by atoms with Crippen molar-refractivity contribution in [2.75, 3.05) is 13.2 Å². The molecule has 0 aliphatic heterocycles. The summed E-state index contributed by atoms with van der Waals surface area (Å²) in [4.78, 5) is 18.8. The molecule has 0 spiro atoms.